The first kappa shape index (κ1) is 15.9. The Hall–Kier alpha value is -1.14. The van der Waals surface area contributed by atoms with Gasteiger partial charge in [-0.1, -0.05) is 13.8 Å². The minimum absolute atomic E-state index is 0.182. The summed E-state index contributed by atoms with van der Waals surface area (Å²) in [5.74, 6) is -0.0891. The molecule has 0 bridgehead atoms. The maximum atomic E-state index is 12.3. The third-order valence-electron chi connectivity index (χ3n) is 3.61. The molecule has 19 heavy (non-hydrogen) atoms. The molecule has 0 aromatic rings. The molecule has 6 heteroatoms. The fourth-order valence-corrected chi connectivity index (χ4v) is 2.12. The third kappa shape index (κ3) is 3.67. The summed E-state index contributed by atoms with van der Waals surface area (Å²) in [4.78, 5) is 24.1. The van der Waals surface area contributed by atoms with E-state index in [9.17, 15) is 9.59 Å². The first-order valence-electron chi connectivity index (χ1n) is 6.67. The molecular formula is C13H25N3O3. The largest absolute Gasteiger partial charge is 0.379 e. The zero-order valence-corrected chi connectivity index (χ0v) is 12.2. The minimum atomic E-state index is -0.761. The first-order chi connectivity index (χ1) is 8.81. The van der Waals surface area contributed by atoms with Gasteiger partial charge in [0.25, 0.3) is 0 Å². The molecule has 0 aromatic carbocycles. The summed E-state index contributed by atoms with van der Waals surface area (Å²) in [6.45, 7) is 6.46. The second kappa shape index (κ2) is 6.34. The monoisotopic (exact) mass is 271 g/mol. The number of hydrogen-bond acceptors (Lipinski definition) is 4. The van der Waals surface area contributed by atoms with Crippen LogP contribution in [0, 0.1) is 11.3 Å². The van der Waals surface area contributed by atoms with Gasteiger partial charge in [-0.3, -0.25) is 9.59 Å². The number of nitrogens with two attached hydrogens (primary N) is 1. The van der Waals surface area contributed by atoms with Crippen LogP contribution in [0.1, 0.15) is 27.2 Å². The molecule has 2 amide bonds. The first-order valence-corrected chi connectivity index (χ1v) is 6.67. The van der Waals surface area contributed by atoms with Gasteiger partial charge in [0.2, 0.25) is 11.8 Å². The SMILES string of the molecule is CNC(=O)C(CC(C)C)NC(=O)C1(C)COCC1N. The summed E-state index contributed by atoms with van der Waals surface area (Å²) in [5.41, 5.74) is 5.15. The Morgan fingerprint density at radius 3 is 2.53 bits per heavy atom. The van der Waals surface area contributed by atoms with Crippen LogP contribution in [0.3, 0.4) is 0 Å². The fourth-order valence-electron chi connectivity index (χ4n) is 2.12. The van der Waals surface area contributed by atoms with Crippen molar-refractivity contribution in [1.29, 1.82) is 0 Å². The summed E-state index contributed by atoms with van der Waals surface area (Å²) in [6.07, 6.45) is 0.595. The highest BCUT2D eigenvalue weighted by Crippen LogP contribution is 2.27. The van der Waals surface area contributed by atoms with Crippen molar-refractivity contribution in [3.05, 3.63) is 0 Å². The molecule has 1 aliphatic rings. The molecule has 1 saturated heterocycles. The quantitative estimate of drug-likeness (QED) is 0.636. The van der Waals surface area contributed by atoms with Crippen molar-refractivity contribution in [3.8, 4) is 0 Å². The van der Waals surface area contributed by atoms with Gasteiger partial charge in [0, 0.05) is 13.1 Å². The van der Waals surface area contributed by atoms with E-state index in [-0.39, 0.29) is 17.9 Å². The van der Waals surface area contributed by atoms with Crippen LogP contribution in [0.5, 0.6) is 0 Å². The predicted octanol–water partition coefficient (Wildman–Crippen LogP) is -0.373. The number of amides is 2. The molecule has 0 saturated carbocycles. The van der Waals surface area contributed by atoms with Crippen molar-refractivity contribution in [2.75, 3.05) is 20.3 Å². The van der Waals surface area contributed by atoms with Gasteiger partial charge < -0.3 is 21.1 Å². The minimum Gasteiger partial charge on any atom is -0.379 e. The second-order valence-electron chi connectivity index (χ2n) is 5.81. The number of ether oxygens (including phenoxy) is 1. The van der Waals surface area contributed by atoms with Gasteiger partial charge >= 0.3 is 0 Å². The highest BCUT2D eigenvalue weighted by molar-refractivity contribution is 5.90. The van der Waals surface area contributed by atoms with Crippen molar-refractivity contribution in [2.45, 2.75) is 39.3 Å². The van der Waals surface area contributed by atoms with E-state index in [4.69, 9.17) is 10.5 Å². The van der Waals surface area contributed by atoms with Gasteiger partial charge in [-0.15, -0.1) is 0 Å². The Labute approximate surface area is 114 Å². The van der Waals surface area contributed by atoms with Crippen LogP contribution < -0.4 is 16.4 Å². The molecular weight excluding hydrogens is 246 g/mol. The van der Waals surface area contributed by atoms with Gasteiger partial charge in [-0.25, -0.2) is 0 Å². The standard InChI is InChI=1S/C13H25N3O3/c1-8(2)5-9(11(17)15-4)16-12(18)13(3)7-19-6-10(13)14/h8-10H,5-7,14H2,1-4H3,(H,15,17)(H,16,18). The zero-order valence-electron chi connectivity index (χ0n) is 12.2. The van der Waals surface area contributed by atoms with E-state index in [1.165, 1.54) is 0 Å². The maximum absolute atomic E-state index is 12.3. The highest BCUT2D eigenvalue weighted by Gasteiger charge is 2.45. The summed E-state index contributed by atoms with van der Waals surface area (Å²) in [7, 11) is 1.56. The molecule has 1 aliphatic heterocycles. The molecule has 0 radical (unpaired) electrons. The van der Waals surface area contributed by atoms with Crippen molar-refractivity contribution in [3.63, 3.8) is 0 Å². The molecule has 110 valence electrons. The molecule has 4 N–H and O–H groups in total. The summed E-state index contributed by atoms with van der Waals surface area (Å²) in [5, 5.41) is 5.37. The Morgan fingerprint density at radius 1 is 1.47 bits per heavy atom. The fraction of sp³-hybridized carbons (Fsp3) is 0.846. The smallest absolute Gasteiger partial charge is 0.242 e. The van der Waals surface area contributed by atoms with Crippen LogP contribution in [0.25, 0.3) is 0 Å². The molecule has 0 spiro atoms. The molecule has 0 aromatic heterocycles. The molecule has 3 atom stereocenters. The van der Waals surface area contributed by atoms with Gasteiger partial charge in [0.1, 0.15) is 6.04 Å². The molecule has 1 fully saturated rings. The van der Waals surface area contributed by atoms with Gasteiger partial charge in [0.05, 0.1) is 18.6 Å². The molecule has 6 nitrogen and oxygen atoms in total. The van der Waals surface area contributed by atoms with E-state index in [2.05, 4.69) is 10.6 Å². The normalized spacial score (nSPS) is 28.2. The van der Waals surface area contributed by atoms with E-state index in [0.717, 1.165) is 0 Å². The van der Waals surface area contributed by atoms with Crippen molar-refractivity contribution in [2.24, 2.45) is 17.1 Å². The molecule has 1 rings (SSSR count). The van der Waals surface area contributed by atoms with Crippen LogP contribution in [0.15, 0.2) is 0 Å². The third-order valence-corrected chi connectivity index (χ3v) is 3.61. The number of carbonyl (C=O) groups excluding carboxylic acids is 2. The van der Waals surface area contributed by atoms with Gasteiger partial charge in [0.15, 0.2) is 0 Å². The lowest BCUT2D eigenvalue weighted by molar-refractivity contribution is -0.135. The lowest BCUT2D eigenvalue weighted by Gasteiger charge is -2.28. The second-order valence-corrected chi connectivity index (χ2v) is 5.81. The summed E-state index contributed by atoms with van der Waals surface area (Å²) in [6, 6.07) is -0.862. The lowest BCUT2D eigenvalue weighted by Crippen LogP contribution is -2.55. The summed E-state index contributed by atoms with van der Waals surface area (Å²) >= 11 is 0. The number of carbonyl (C=O) groups is 2. The van der Waals surface area contributed by atoms with E-state index in [0.29, 0.717) is 25.6 Å². The number of nitrogens with one attached hydrogen (secondary N) is 2. The average molecular weight is 271 g/mol. The summed E-state index contributed by atoms with van der Waals surface area (Å²) < 4.78 is 5.26. The van der Waals surface area contributed by atoms with E-state index >= 15 is 0 Å². The van der Waals surface area contributed by atoms with Crippen molar-refractivity contribution in [1.82, 2.24) is 10.6 Å². The predicted molar refractivity (Wildman–Crippen MR) is 72.4 cm³/mol. The van der Waals surface area contributed by atoms with Crippen molar-refractivity contribution >= 4 is 11.8 Å². The van der Waals surface area contributed by atoms with Gasteiger partial charge in [-0.05, 0) is 19.3 Å². The molecule has 1 heterocycles. The zero-order chi connectivity index (χ0) is 14.6. The van der Waals surface area contributed by atoms with Crippen molar-refractivity contribution < 1.29 is 14.3 Å². The van der Waals surface area contributed by atoms with Crippen LogP contribution in [-0.2, 0) is 14.3 Å². The van der Waals surface area contributed by atoms with Crippen LogP contribution in [0.2, 0.25) is 0 Å². The maximum Gasteiger partial charge on any atom is 0.242 e. The van der Waals surface area contributed by atoms with Crippen LogP contribution in [-0.4, -0.2) is 44.2 Å². The highest BCUT2D eigenvalue weighted by atomic mass is 16.5. The molecule has 3 unspecified atom stereocenters. The molecule has 0 aliphatic carbocycles. The number of rotatable bonds is 5. The van der Waals surface area contributed by atoms with E-state index < -0.39 is 11.5 Å². The Bertz CT molecular complexity index is 346. The lowest BCUT2D eigenvalue weighted by atomic mass is 9.84. The number of hydrogen-bond donors (Lipinski definition) is 3. The van der Waals surface area contributed by atoms with Crippen LogP contribution >= 0.6 is 0 Å². The Morgan fingerprint density at radius 2 is 2.11 bits per heavy atom. The Balaban J connectivity index is 2.73. The number of likely N-dealkylation sites (N-methyl/N-ethyl adjacent to an activating group) is 1. The average Bonchev–Trinajstić information content (AvgIpc) is 2.68. The van der Waals surface area contributed by atoms with Gasteiger partial charge in [-0.2, -0.15) is 0 Å². The Kier molecular flexibility index (Phi) is 5.31. The van der Waals surface area contributed by atoms with E-state index in [1.807, 2.05) is 13.8 Å². The van der Waals surface area contributed by atoms with E-state index in [1.54, 1.807) is 14.0 Å². The van der Waals surface area contributed by atoms with Crippen LogP contribution in [0.4, 0.5) is 0 Å². The topological polar surface area (TPSA) is 93.5 Å².